The summed E-state index contributed by atoms with van der Waals surface area (Å²) in [4.78, 5) is 26.9. The molecule has 0 saturated carbocycles. The molecular weight excluding hydrogens is 354 g/mol. The van der Waals surface area contributed by atoms with Crippen molar-refractivity contribution in [3.8, 4) is 0 Å². The van der Waals surface area contributed by atoms with Crippen molar-refractivity contribution in [3.05, 3.63) is 54.1 Å². The van der Waals surface area contributed by atoms with E-state index in [1.54, 1.807) is 13.0 Å². The van der Waals surface area contributed by atoms with Crippen molar-refractivity contribution < 1.29 is 14.3 Å². The number of carbonyl (C=O) groups is 2. The number of aryl methyl sites for hydroxylation is 1. The van der Waals surface area contributed by atoms with Crippen LogP contribution in [0.4, 0.5) is 17.1 Å². The predicted octanol–water partition coefficient (Wildman–Crippen LogP) is 3.44. The Morgan fingerprint density at radius 2 is 1.82 bits per heavy atom. The summed E-state index contributed by atoms with van der Waals surface area (Å²) in [7, 11) is 1.49. The number of methoxy groups -OCH3 is 1. The highest BCUT2D eigenvalue weighted by atomic mass is 16.5. The highest BCUT2D eigenvalue weighted by molar-refractivity contribution is 5.99. The number of hydrogen-bond acceptors (Lipinski definition) is 4. The van der Waals surface area contributed by atoms with Crippen LogP contribution >= 0.6 is 0 Å². The second kappa shape index (κ2) is 8.89. The molecule has 6 nitrogen and oxygen atoms in total. The van der Waals surface area contributed by atoms with Crippen LogP contribution < -0.4 is 15.5 Å². The van der Waals surface area contributed by atoms with Gasteiger partial charge in [0.1, 0.15) is 12.1 Å². The Morgan fingerprint density at radius 3 is 2.61 bits per heavy atom. The fourth-order valence-electron chi connectivity index (χ4n) is 3.35. The zero-order valence-electron chi connectivity index (χ0n) is 16.6. The highest BCUT2D eigenvalue weighted by Crippen LogP contribution is 2.27. The van der Waals surface area contributed by atoms with Gasteiger partial charge in [0.05, 0.1) is 0 Å². The summed E-state index contributed by atoms with van der Waals surface area (Å²) in [6.45, 7) is 4.28. The van der Waals surface area contributed by atoms with Gasteiger partial charge in [-0.25, -0.2) is 0 Å². The Bertz CT molecular complexity index is 852. The summed E-state index contributed by atoms with van der Waals surface area (Å²) < 4.78 is 5.03. The Balaban J connectivity index is 1.68. The molecule has 0 saturated heterocycles. The number of para-hydroxylation sites is 1. The number of hydrogen-bond donors (Lipinski definition) is 2. The van der Waals surface area contributed by atoms with E-state index in [4.69, 9.17) is 4.74 Å². The third-order valence-electron chi connectivity index (χ3n) is 4.98. The van der Waals surface area contributed by atoms with Crippen molar-refractivity contribution in [1.29, 1.82) is 0 Å². The lowest BCUT2D eigenvalue weighted by molar-refractivity contribution is -0.124. The molecule has 1 aliphatic heterocycles. The van der Waals surface area contributed by atoms with Crippen molar-refractivity contribution in [2.75, 3.05) is 29.2 Å². The molecule has 0 spiro atoms. The molecule has 2 amide bonds. The van der Waals surface area contributed by atoms with Gasteiger partial charge in [-0.1, -0.05) is 24.3 Å². The molecule has 28 heavy (non-hydrogen) atoms. The SMILES string of the molecule is COC(C)C(=O)Nc1cccc(NC(C)C(=O)N2CCCc3ccccc32)c1. The first-order valence-electron chi connectivity index (χ1n) is 9.59. The van der Waals surface area contributed by atoms with E-state index in [2.05, 4.69) is 16.7 Å². The lowest BCUT2D eigenvalue weighted by atomic mass is 10.0. The van der Waals surface area contributed by atoms with Crippen LogP contribution in [0.2, 0.25) is 0 Å². The number of rotatable bonds is 6. The molecule has 1 heterocycles. The van der Waals surface area contributed by atoms with Crippen LogP contribution in [0.15, 0.2) is 48.5 Å². The topological polar surface area (TPSA) is 70.7 Å². The fraction of sp³-hybridized carbons (Fsp3) is 0.364. The van der Waals surface area contributed by atoms with Gasteiger partial charge in [0.25, 0.3) is 5.91 Å². The van der Waals surface area contributed by atoms with Crippen molar-refractivity contribution in [3.63, 3.8) is 0 Å². The number of nitrogens with zero attached hydrogens (tertiary/aromatic N) is 1. The summed E-state index contributed by atoms with van der Waals surface area (Å²) in [5.74, 6) is -0.178. The van der Waals surface area contributed by atoms with E-state index in [0.29, 0.717) is 5.69 Å². The fourth-order valence-corrected chi connectivity index (χ4v) is 3.35. The number of benzene rings is 2. The Labute approximate surface area is 165 Å². The molecule has 0 bridgehead atoms. The predicted molar refractivity (Wildman–Crippen MR) is 112 cm³/mol. The molecule has 2 atom stereocenters. The van der Waals surface area contributed by atoms with Crippen LogP contribution in [0.5, 0.6) is 0 Å². The number of anilines is 3. The van der Waals surface area contributed by atoms with Crippen molar-refractivity contribution >= 4 is 28.9 Å². The maximum atomic E-state index is 13.0. The Kier molecular flexibility index (Phi) is 6.31. The van der Waals surface area contributed by atoms with Crippen LogP contribution in [0.3, 0.4) is 0 Å². The van der Waals surface area contributed by atoms with Crippen LogP contribution in [-0.2, 0) is 20.7 Å². The van der Waals surface area contributed by atoms with Gasteiger partial charge in [0.15, 0.2) is 0 Å². The zero-order chi connectivity index (χ0) is 20.1. The number of fused-ring (bicyclic) bond motifs is 1. The third-order valence-corrected chi connectivity index (χ3v) is 4.98. The molecule has 0 aromatic heterocycles. The monoisotopic (exact) mass is 381 g/mol. The molecule has 148 valence electrons. The lowest BCUT2D eigenvalue weighted by Crippen LogP contribution is -2.44. The van der Waals surface area contributed by atoms with Gasteiger partial charge in [-0.3, -0.25) is 9.59 Å². The standard InChI is InChI=1S/C22H27N3O3/c1-15(22(27)25-13-7-9-17-8-4-5-12-20(17)25)23-18-10-6-11-19(14-18)24-21(26)16(2)28-3/h4-6,8,10-12,14-16,23H,7,9,13H2,1-3H3,(H,24,26). The van der Waals surface area contributed by atoms with Gasteiger partial charge in [-0.2, -0.15) is 0 Å². The molecule has 2 aromatic rings. The Hall–Kier alpha value is -2.86. The first-order chi connectivity index (χ1) is 13.5. The summed E-state index contributed by atoms with van der Waals surface area (Å²) in [5, 5.41) is 6.07. The van der Waals surface area contributed by atoms with E-state index in [-0.39, 0.29) is 11.8 Å². The van der Waals surface area contributed by atoms with E-state index in [0.717, 1.165) is 30.8 Å². The normalized spacial score (nSPS) is 15.3. The average Bonchev–Trinajstić information content (AvgIpc) is 2.72. The molecular formula is C22H27N3O3. The minimum atomic E-state index is -0.531. The second-order valence-corrected chi connectivity index (χ2v) is 7.04. The van der Waals surface area contributed by atoms with E-state index in [1.165, 1.54) is 12.7 Å². The molecule has 0 fully saturated rings. The van der Waals surface area contributed by atoms with Gasteiger partial charge in [0.2, 0.25) is 5.91 Å². The minimum absolute atomic E-state index is 0.0367. The maximum Gasteiger partial charge on any atom is 0.253 e. The van der Waals surface area contributed by atoms with E-state index in [9.17, 15) is 9.59 Å². The van der Waals surface area contributed by atoms with Gasteiger partial charge in [-0.05, 0) is 56.5 Å². The number of nitrogens with one attached hydrogen (secondary N) is 2. The van der Waals surface area contributed by atoms with Crippen molar-refractivity contribution in [2.45, 2.75) is 38.8 Å². The smallest absolute Gasteiger partial charge is 0.253 e. The van der Waals surface area contributed by atoms with Crippen molar-refractivity contribution in [2.24, 2.45) is 0 Å². The molecule has 0 radical (unpaired) electrons. The first-order valence-corrected chi connectivity index (χ1v) is 9.59. The quantitative estimate of drug-likeness (QED) is 0.804. The zero-order valence-corrected chi connectivity index (χ0v) is 16.6. The molecule has 2 unspecified atom stereocenters. The number of carbonyl (C=O) groups excluding carboxylic acids is 2. The summed E-state index contributed by atoms with van der Waals surface area (Å²) in [6, 6.07) is 15.0. The van der Waals surface area contributed by atoms with Gasteiger partial charge >= 0.3 is 0 Å². The molecule has 1 aliphatic rings. The van der Waals surface area contributed by atoms with Crippen LogP contribution in [0.25, 0.3) is 0 Å². The third kappa shape index (κ3) is 4.51. The summed E-state index contributed by atoms with van der Waals surface area (Å²) in [5.41, 5.74) is 3.64. The minimum Gasteiger partial charge on any atom is -0.374 e. The van der Waals surface area contributed by atoms with Crippen LogP contribution in [0, 0.1) is 0 Å². The first kappa shape index (κ1) is 19.9. The van der Waals surface area contributed by atoms with Crippen molar-refractivity contribution in [1.82, 2.24) is 0 Å². The molecule has 0 aliphatic carbocycles. The van der Waals surface area contributed by atoms with Crippen LogP contribution in [-0.4, -0.2) is 37.6 Å². The number of ether oxygens (including phenoxy) is 1. The summed E-state index contributed by atoms with van der Waals surface area (Å²) in [6.07, 6.45) is 1.44. The molecule has 6 heteroatoms. The summed E-state index contributed by atoms with van der Waals surface area (Å²) >= 11 is 0. The Morgan fingerprint density at radius 1 is 1.07 bits per heavy atom. The largest absolute Gasteiger partial charge is 0.374 e. The second-order valence-electron chi connectivity index (χ2n) is 7.04. The van der Waals surface area contributed by atoms with E-state index in [1.807, 2.05) is 48.2 Å². The van der Waals surface area contributed by atoms with Gasteiger partial charge in [-0.15, -0.1) is 0 Å². The molecule has 3 rings (SSSR count). The van der Waals surface area contributed by atoms with E-state index >= 15 is 0 Å². The molecule has 2 N–H and O–H groups in total. The molecule has 2 aromatic carbocycles. The lowest BCUT2D eigenvalue weighted by Gasteiger charge is -2.32. The van der Waals surface area contributed by atoms with Gasteiger partial charge in [0, 0.05) is 30.7 Å². The average molecular weight is 381 g/mol. The van der Waals surface area contributed by atoms with Gasteiger partial charge < -0.3 is 20.3 Å². The highest BCUT2D eigenvalue weighted by Gasteiger charge is 2.26. The maximum absolute atomic E-state index is 13.0. The van der Waals surface area contributed by atoms with Crippen LogP contribution in [0.1, 0.15) is 25.8 Å². The van der Waals surface area contributed by atoms with E-state index < -0.39 is 12.1 Å². The number of amides is 2.